The van der Waals surface area contributed by atoms with E-state index in [0.29, 0.717) is 29.8 Å². The predicted molar refractivity (Wildman–Crippen MR) is 85.1 cm³/mol. The van der Waals surface area contributed by atoms with Gasteiger partial charge in [0.05, 0.1) is 14.5 Å². The highest BCUT2D eigenvalue weighted by Gasteiger charge is 2.16. The standard InChI is InChI=1S/C12H5Br2Cl3O2/c13-6-4-9(12(18)10(14)11(6)17)19-8-2-1-5(15)3-7(8)16/h1-4,18H. The van der Waals surface area contributed by atoms with Gasteiger partial charge in [-0.25, -0.2) is 0 Å². The molecule has 1 N–H and O–H groups in total. The topological polar surface area (TPSA) is 29.5 Å². The number of phenolic OH excluding ortho intramolecular Hbond substituents is 1. The van der Waals surface area contributed by atoms with Gasteiger partial charge >= 0.3 is 0 Å². The molecule has 0 atom stereocenters. The van der Waals surface area contributed by atoms with E-state index in [9.17, 15) is 5.11 Å². The molecular formula is C12H5Br2Cl3O2. The molecule has 2 rings (SSSR count). The molecular weight excluding hydrogens is 442 g/mol. The third-order valence-electron chi connectivity index (χ3n) is 2.22. The summed E-state index contributed by atoms with van der Waals surface area (Å²) in [7, 11) is 0. The summed E-state index contributed by atoms with van der Waals surface area (Å²) in [5, 5.41) is 11.2. The Morgan fingerprint density at radius 1 is 1.00 bits per heavy atom. The van der Waals surface area contributed by atoms with Gasteiger partial charge < -0.3 is 9.84 Å². The second-order valence-corrected chi connectivity index (χ2v) is 6.38. The largest absolute Gasteiger partial charge is 0.503 e. The van der Waals surface area contributed by atoms with Crippen LogP contribution in [0.1, 0.15) is 0 Å². The van der Waals surface area contributed by atoms with Gasteiger partial charge in [0.2, 0.25) is 0 Å². The van der Waals surface area contributed by atoms with Gasteiger partial charge in [0.25, 0.3) is 0 Å². The Hall–Kier alpha value is -0.130. The average molecular weight is 447 g/mol. The fraction of sp³-hybridized carbons (Fsp3) is 0. The first-order chi connectivity index (χ1) is 8.90. The maximum atomic E-state index is 9.96. The fourth-order valence-corrected chi connectivity index (χ4v) is 2.99. The lowest BCUT2D eigenvalue weighted by Gasteiger charge is -2.12. The summed E-state index contributed by atoms with van der Waals surface area (Å²) in [5.74, 6) is 0.481. The van der Waals surface area contributed by atoms with Crippen molar-refractivity contribution in [3.05, 3.63) is 48.3 Å². The molecule has 7 heteroatoms. The van der Waals surface area contributed by atoms with Crippen LogP contribution in [0.5, 0.6) is 17.2 Å². The zero-order valence-electron chi connectivity index (χ0n) is 9.05. The molecule has 2 aromatic rings. The molecule has 0 spiro atoms. The van der Waals surface area contributed by atoms with Gasteiger partial charge in [-0.3, -0.25) is 0 Å². The molecule has 0 aliphatic rings. The van der Waals surface area contributed by atoms with Crippen LogP contribution in [-0.2, 0) is 0 Å². The third kappa shape index (κ3) is 3.31. The van der Waals surface area contributed by atoms with E-state index < -0.39 is 0 Å². The minimum atomic E-state index is -0.112. The predicted octanol–water partition coefficient (Wildman–Crippen LogP) is 6.67. The third-order valence-corrected chi connectivity index (χ3v) is 4.99. The smallest absolute Gasteiger partial charge is 0.174 e. The van der Waals surface area contributed by atoms with Crippen LogP contribution in [-0.4, -0.2) is 5.11 Å². The number of ether oxygens (including phenoxy) is 1. The van der Waals surface area contributed by atoms with Gasteiger partial charge in [0.15, 0.2) is 11.5 Å². The number of hydrogen-bond acceptors (Lipinski definition) is 2. The van der Waals surface area contributed by atoms with Crippen LogP contribution >= 0.6 is 66.7 Å². The van der Waals surface area contributed by atoms with Crippen LogP contribution in [0.3, 0.4) is 0 Å². The van der Waals surface area contributed by atoms with Crippen molar-refractivity contribution in [1.82, 2.24) is 0 Å². The molecule has 0 aromatic heterocycles. The number of halogens is 5. The molecule has 0 radical (unpaired) electrons. The van der Waals surface area contributed by atoms with Gasteiger partial charge in [-0.1, -0.05) is 34.8 Å². The molecule has 0 saturated heterocycles. The molecule has 19 heavy (non-hydrogen) atoms. The first kappa shape index (κ1) is 15.3. The Labute approximate surface area is 141 Å². The number of rotatable bonds is 2. The Morgan fingerprint density at radius 2 is 1.68 bits per heavy atom. The Balaban J connectivity index is 2.44. The van der Waals surface area contributed by atoms with Crippen molar-refractivity contribution in [2.45, 2.75) is 0 Å². The highest BCUT2D eigenvalue weighted by Crippen LogP contribution is 2.45. The Morgan fingerprint density at radius 3 is 2.32 bits per heavy atom. The monoisotopic (exact) mass is 444 g/mol. The van der Waals surface area contributed by atoms with Crippen LogP contribution in [0, 0.1) is 0 Å². The molecule has 2 aromatic carbocycles. The van der Waals surface area contributed by atoms with Gasteiger partial charge in [-0.05, 0) is 50.1 Å². The zero-order chi connectivity index (χ0) is 14.2. The van der Waals surface area contributed by atoms with Crippen molar-refractivity contribution in [3.8, 4) is 17.2 Å². The van der Waals surface area contributed by atoms with E-state index in [1.165, 1.54) is 0 Å². The molecule has 0 fully saturated rings. The molecule has 0 bridgehead atoms. The number of aromatic hydroxyl groups is 1. The quantitative estimate of drug-likeness (QED) is 0.521. The summed E-state index contributed by atoms with van der Waals surface area (Å²) >= 11 is 24.2. The minimum absolute atomic E-state index is 0.112. The van der Waals surface area contributed by atoms with Crippen LogP contribution in [0.2, 0.25) is 15.1 Å². The average Bonchev–Trinajstić information content (AvgIpc) is 2.36. The van der Waals surface area contributed by atoms with E-state index in [-0.39, 0.29) is 11.5 Å². The van der Waals surface area contributed by atoms with E-state index in [1.807, 2.05) is 0 Å². The molecule has 0 amide bonds. The van der Waals surface area contributed by atoms with Gasteiger partial charge in [0, 0.05) is 15.6 Å². The highest BCUT2D eigenvalue weighted by molar-refractivity contribution is 9.11. The summed E-state index contributed by atoms with van der Waals surface area (Å²) in [6.07, 6.45) is 0. The van der Waals surface area contributed by atoms with Gasteiger partial charge in [0.1, 0.15) is 5.75 Å². The van der Waals surface area contributed by atoms with Gasteiger partial charge in [-0.15, -0.1) is 0 Å². The lowest BCUT2D eigenvalue weighted by molar-refractivity contribution is 0.409. The number of benzene rings is 2. The molecule has 0 aliphatic heterocycles. The lowest BCUT2D eigenvalue weighted by Crippen LogP contribution is -1.88. The first-order valence-corrected chi connectivity index (χ1v) is 7.61. The van der Waals surface area contributed by atoms with E-state index in [2.05, 4.69) is 31.9 Å². The van der Waals surface area contributed by atoms with Crippen molar-refractivity contribution < 1.29 is 9.84 Å². The minimum Gasteiger partial charge on any atom is -0.503 e. The van der Waals surface area contributed by atoms with Gasteiger partial charge in [-0.2, -0.15) is 0 Å². The summed E-state index contributed by atoms with van der Waals surface area (Å²) in [6.45, 7) is 0. The first-order valence-electron chi connectivity index (χ1n) is 4.89. The molecule has 0 saturated carbocycles. The summed E-state index contributed by atoms with van der Waals surface area (Å²) in [5.41, 5.74) is 0. The second kappa shape index (κ2) is 6.10. The van der Waals surface area contributed by atoms with Crippen LogP contribution in [0.15, 0.2) is 33.2 Å². The summed E-state index contributed by atoms with van der Waals surface area (Å²) < 4.78 is 6.47. The number of phenols is 1. The van der Waals surface area contributed by atoms with Crippen LogP contribution < -0.4 is 4.74 Å². The molecule has 0 heterocycles. The van der Waals surface area contributed by atoms with E-state index in [0.717, 1.165) is 0 Å². The SMILES string of the molecule is Oc1c(Oc2ccc(Cl)cc2Cl)cc(Br)c(Cl)c1Br. The molecule has 0 aliphatic carbocycles. The summed E-state index contributed by atoms with van der Waals surface area (Å²) in [4.78, 5) is 0. The van der Waals surface area contributed by atoms with Crippen molar-refractivity contribution in [3.63, 3.8) is 0 Å². The molecule has 100 valence electrons. The normalized spacial score (nSPS) is 10.6. The molecule has 0 unspecified atom stereocenters. The fourth-order valence-electron chi connectivity index (χ4n) is 1.32. The highest BCUT2D eigenvalue weighted by atomic mass is 79.9. The van der Waals surface area contributed by atoms with Crippen molar-refractivity contribution in [2.75, 3.05) is 0 Å². The van der Waals surface area contributed by atoms with Crippen LogP contribution in [0.25, 0.3) is 0 Å². The van der Waals surface area contributed by atoms with E-state index in [1.54, 1.807) is 24.3 Å². The lowest BCUT2D eigenvalue weighted by atomic mass is 10.3. The maximum Gasteiger partial charge on any atom is 0.174 e. The Bertz CT molecular complexity index is 647. The maximum absolute atomic E-state index is 9.96. The van der Waals surface area contributed by atoms with E-state index in [4.69, 9.17) is 39.5 Å². The number of hydrogen-bond donors (Lipinski definition) is 1. The Kier molecular flexibility index (Phi) is 4.90. The second-order valence-electron chi connectivity index (χ2n) is 3.51. The van der Waals surface area contributed by atoms with Crippen LogP contribution in [0.4, 0.5) is 0 Å². The van der Waals surface area contributed by atoms with Crippen molar-refractivity contribution >= 4 is 66.7 Å². The van der Waals surface area contributed by atoms with Crippen molar-refractivity contribution in [2.24, 2.45) is 0 Å². The molecule has 2 nitrogen and oxygen atoms in total. The van der Waals surface area contributed by atoms with Crippen molar-refractivity contribution in [1.29, 1.82) is 0 Å². The summed E-state index contributed by atoms with van der Waals surface area (Å²) in [6, 6.07) is 6.35. The zero-order valence-corrected chi connectivity index (χ0v) is 14.5. The van der Waals surface area contributed by atoms with E-state index >= 15 is 0 Å².